The molecule has 152 valence electrons. The molecule has 1 N–H and O–H groups in total. The van der Waals surface area contributed by atoms with Crippen LogP contribution in [0.4, 0.5) is 5.13 Å². The smallest absolute Gasteiger partial charge is 0.301 e. The lowest BCUT2D eigenvalue weighted by atomic mass is 9.95. The number of aromatic nitrogens is 1. The van der Waals surface area contributed by atoms with Gasteiger partial charge in [-0.1, -0.05) is 49.4 Å². The number of amides is 1. The zero-order valence-corrected chi connectivity index (χ0v) is 17.1. The Hall–Kier alpha value is -3.45. The summed E-state index contributed by atoms with van der Waals surface area (Å²) >= 11 is 1.26. The maximum absolute atomic E-state index is 13.0. The van der Waals surface area contributed by atoms with Crippen molar-refractivity contribution in [3.05, 3.63) is 82.9 Å². The highest BCUT2D eigenvalue weighted by atomic mass is 32.1. The molecule has 1 aliphatic heterocycles. The van der Waals surface area contributed by atoms with Gasteiger partial charge in [-0.2, -0.15) is 0 Å². The van der Waals surface area contributed by atoms with Crippen molar-refractivity contribution in [2.24, 2.45) is 0 Å². The van der Waals surface area contributed by atoms with Crippen LogP contribution in [0.25, 0.3) is 5.76 Å². The van der Waals surface area contributed by atoms with Crippen LogP contribution in [0, 0.1) is 0 Å². The van der Waals surface area contributed by atoms with Crippen LogP contribution in [0.5, 0.6) is 5.75 Å². The number of carbonyl (C=O) groups excluding carboxylic acids is 2. The number of rotatable bonds is 6. The van der Waals surface area contributed by atoms with Crippen molar-refractivity contribution in [3.63, 3.8) is 0 Å². The number of hydrogen-bond acceptors (Lipinski definition) is 6. The van der Waals surface area contributed by atoms with Gasteiger partial charge in [-0.05, 0) is 24.1 Å². The molecule has 1 fully saturated rings. The van der Waals surface area contributed by atoms with Crippen LogP contribution >= 0.6 is 11.3 Å². The Kier molecular flexibility index (Phi) is 5.63. The lowest BCUT2D eigenvalue weighted by Crippen LogP contribution is -2.29. The zero-order chi connectivity index (χ0) is 21.1. The molecule has 0 spiro atoms. The fourth-order valence-corrected chi connectivity index (χ4v) is 4.09. The molecule has 2 heterocycles. The predicted octanol–water partition coefficient (Wildman–Crippen LogP) is 4.56. The van der Waals surface area contributed by atoms with Gasteiger partial charge in [0, 0.05) is 17.1 Å². The van der Waals surface area contributed by atoms with E-state index in [2.05, 4.69) is 4.98 Å². The monoisotopic (exact) mass is 420 g/mol. The topological polar surface area (TPSA) is 79.7 Å². The van der Waals surface area contributed by atoms with Gasteiger partial charge in [0.2, 0.25) is 0 Å². The normalized spacial score (nSPS) is 18.0. The third kappa shape index (κ3) is 3.59. The molecule has 4 rings (SSSR count). The van der Waals surface area contributed by atoms with Gasteiger partial charge >= 0.3 is 5.91 Å². The van der Waals surface area contributed by atoms with Gasteiger partial charge in [0.25, 0.3) is 5.78 Å². The van der Waals surface area contributed by atoms with Crippen molar-refractivity contribution in [1.82, 2.24) is 4.98 Å². The van der Waals surface area contributed by atoms with Crippen molar-refractivity contribution in [1.29, 1.82) is 0 Å². The Balaban J connectivity index is 1.89. The van der Waals surface area contributed by atoms with Crippen LogP contribution < -0.4 is 9.64 Å². The minimum atomic E-state index is -0.804. The van der Waals surface area contributed by atoms with Crippen LogP contribution in [0.3, 0.4) is 0 Å². The Bertz CT molecular complexity index is 1090. The van der Waals surface area contributed by atoms with Crippen molar-refractivity contribution in [2.45, 2.75) is 19.4 Å². The van der Waals surface area contributed by atoms with Crippen molar-refractivity contribution in [3.8, 4) is 5.75 Å². The molecule has 0 radical (unpaired) electrons. The minimum absolute atomic E-state index is 0.0361. The molecule has 1 amide bonds. The zero-order valence-electron chi connectivity index (χ0n) is 16.3. The quantitative estimate of drug-likeness (QED) is 0.359. The van der Waals surface area contributed by atoms with E-state index < -0.39 is 17.7 Å². The average molecular weight is 420 g/mol. The number of ketones is 1. The number of anilines is 1. The lowest BCUT2D eigenvalue weighted by molar-refractivity contribution is -0.132. The summed E-state index contributed by atoms with van der Waals surface area (Å²) in [4.78, 5) is 31.5. The second-order valence-corrected chi connectivity index (χ2v) is 7.64. The number of nitrogens with zero attached hydrogens (tertiary/aromatic N) is 2. The third-order valence-corrected chi connectivity index (χ3v) is 5.53. The van der Waals surface area contributed by atoms with Crippen LogP contribution in [-0.2, 0) is 9.59 Å². The maximum atomic E-state index is 13.0. The fourth-order valence-electron chi connectivity index (χ4n) is 3.43. The molecule has 0 aliphatic carbocycles. The Morgan fingerprint density at radius 2 is 1.97 bits per heavy atom. The first-order chi connectivity index (χ1) is 14.6. The SMILES string of the molecule is CCCOc1cccc(C2C(=C(O)c3ccccc3)C(=O)C(=O)N2c2nccs2)c1. The fraction of sp³-hybridized carbons (Fsp3) is 0.174. The summed E-state index contributed by atoms with van der Waals surface area (Å²) in [5.74, 6) is -1.03. The summed E-state index contributed by atoms with van der Waals surface area (Å²) in [6, 6.07) is 15.2. The summed E-state index contributed by atoms with van der Waals surface area (Å²) < 4.78 is 5.74. The van der Waals surface area contributed by atoms with E-state index >= 15 is 0 Å². The van der Waals surface area contributed by atoms with E-state index in [0.717, 1.165) is 6.42 Å². The van der Waals surface area contributed by atoms with Crippen molar-refractivity contribution in [2.75, 3.05) is 11.5 Å². The summed E-state index contributed by atoms with van der Waals surface area (Å²) in [6.45, 7) is 2.57. The Morgan fingerprint density at radius 1 is 1.17 bits per heavy atom. The summed E-state index contributed by atoms with van der Waals surface area (Å²) in [5.41, 5.74) is 1.17. The van der Waals surface area contributed by atoms with Gasteiger partial charge in [0.05, 0.1) is 18.2 Å². The van der Waals surface area contributed by atoms with E-state index in [9.17, 15) is 14.7 Å². The van der Waals surface area contributed by atoms with Gasteiger partial charge in [-0.3, -0.25) is 14.5 Å². The number of ether oxygens (including phenoxy) is 1. The molecular weight excluding hydrogens is 400 g/mol. The minimum Gasteiger partial charge on any atom is -0.507 e. The van der Waals surface area contributed by atoms with Crippen LogP contribution in [-0.4, -0.2) is 28.4 Å². The van der Waals surface area contributed by atoms with E-state index in [0.29, 0.717) is 28.6 Å². The third-order valence-electron chi connectivity index (χ3n) is 4.76. The van der Waals surface area contributed by atoms with Gasteiger partial charge in [0.15, 0.2) is 5.13 Å². The summed E-state index contributed by atoms with van der Waals surface area (Å²) in [7, 11) is 0. The number of thiazole rings is 1. The molecule has 30 heavy (non-hydrogen) atoms. The van der Waals surface area contributed by atoms with Crippen LogP contribution in [0.15, 0.2) is 71.7 Å². The Labute approximate surface area is 178 Å². The highest BCUT2D eigenvalue weighted by molar-refractivity contribution is 7.14. The van der Waals surface area contributed by atoms with Crippen molar-refractivity contribution < 1.29 is 19.4 Å². The second kappa shape index (κ2) is 8.51. The molecule has 1 saturated heterocycles. The molecule has 1 aliphatic rings. The van der Waals surface area contributed by atoms with E-state index in [-0.39, 0.29) is 11.3 Å². The molecule has 1 atom stereocenters. The average Bonchev–Trinajstić information content (AvgIpc) is 3.39. The van der Waals surface area contributed by atoms with Crippen LogP contribution in [0.1, 0.15) is 30.5 Å². The van der Waals surface area contributed by atoms with Gasteiger partial charge < -0.3 is 9.84 Å². The highest BCUT2D eigenvalue weighted by Gasteiger charge is 2.48. The Morgan fingerprint density at radius 3 is 2.67 bits per heavy atom. The molecule has 3 aromatic rings. The first-order valence-electron chi connectivity index (χ1n) is 9.60. The number of hydrogen-bond donors (Lipinski definition) is 1. The standard InChI is InChI=1S/C23H20N2O4S/c1-2-12-29-17-10-6-9-16(14-17)19-18(20(26)15-7-4-3-5-8-15)21(27)22(28)25(19)23-24-11-13-30-23/h3-11,13-14,19,26H,2,12H2,1H3. The first-order valence-corrected chi connectivity index (χ1v) is 10.5. The number of aliphatic hydroxyl groups excluding tert-OH is 1. The van der Waals surface area contributed by atoms with E-state index in [4.69, 9.17) is 4.74 Å². The van der Waals surface area contributed by atoms with Crippen LogP contribution in [0.2, 0.25) is 0 Å². The molecule has 2 aromatic carbocycles. The van der Waals surface area contributed by atoms with Gasteiger partial charge in [-0.15, -0.1) is 11.3 Å². The molecular formula is C23H20N2O4S. The van der Waals surface area contributed by atoms with Gasteiger partial charge in [-0.25, -0.2) is 4.98 Å². The highest BCUT2D eigenvalue weighted by Crippen LogP contribution is 2.43. The lowest BCUT2D eigenvalue weighted by Gasteiger charge is -2.23. The second-order valence-electron chi connectivity index (χ2n) is 6.77. The van der Waals surface area contributed by atoms with Gasteiger partial charge in [0.1, 0.15) is 11.5 Å². The molecule has 1 unspecified atom stereocenters. The molecule has 0 saturated carbocycles. The molecule has 1 aromatic heterocycles. The van der Waals surface area contributed by atoms with E-state index in [1.54, 1.807) is 41.9 Å². The summed E-state index contributed by atoms with van der Waals surface area (Å²) in [5, 5.41) is 13.1. The number of benzene rings is 2. The number of Topliss-reactive ketones (excluding diaryl/α,β-unsaturated/α-hetero) is 1. The molecule has 0 bridgehead atoms. The van der Waals surface area contributed by atoms with E-state index in [1.165, 1.54) is 16.2 Å². The maximum Gasteiger partial charge on any atom is 0.301 e. The number of carbonyl (C=O) groups is 2. The molecule has 7 heteroatoms. The number of aliphatic hydroxyl groups is 1. The largest absolute Gasteiger partial charge is 0.507 e. The summed E-state index contributed by atoms with van der Waals surface area (Å²) in [6.07, 6.45) is 2.43. The first kappa shape index (κ1) is 19.8. The predicted molar refractivity (Wildman–Crippen MR) is 116 cm³/mol. The molecule has 6 nitrogen and oxygen atoms in total. The van der Waals surface area contributed by atoms with E-state index in [1.807, 2.05) is 31.2 Å². The van der Waals surface area contributed by atoms with Crippen molar-refractivity contribution >= 4 is 33.9 Å².